The lowest BCUT2D eigenvalue weighted by atomic mass is 10.2. The Hall–Kier alpha value is -2.08. The van der Waals surface area contributed by atoms with Crippen molar-refractivity contribution >= 4 is 23.4 Å². The fraction of sp³-hybridized carbons (Fsp3) is 0.353. The van der Waals surface area contributed by atoms with E-state index in [1.165, 1.54) is 22.4 Å². The molecule has 122 valence electrons. The van der Waals surface area contributed by atoms with E-state index in [1.807, 2.05) is 44.4 Å². The number of nitrogens with zero attached hydrogens (tertiary/aromatic N) is 3. The van der Waals surface area contributed by atoms with Gasteiger partial charge in [0.25, 0.3) is 5.56 Å². The fourth-order valence-corrected chi connectivity index (χ4v) is 3.03. The molecule has 5 nitrogen and oxygen atoms in total. The first-order valence-corrected chi connectivity index (χ1v) is 8.68. The predicted molar refractivity (Wildman–Crippen MR) is 94.2 cm³/mol. The SMILES string of the molecule is CCN(C(=O)Cn1c(SC)nc(C)cc1=O)c1cccc(C)c1. The van der Waals surface area contributed by atoms with Gasteiger partial charge in [-0.1, -0.05) is 23.9 Å². The number of amides is 1. The summed E-state index contributed by atoms with van der Waals surface area (Å²) in [6.45, 7) is 6.22. The van der Waals surface area contributed by atoms with Crippen LogP contribution in [0.25, 0.3) is 0 Å². The highest BCUT2D eigenvalue weighted by Crippen LogP contribution is 2.17. The standard InChI is InChI=1S/C17H21N3O2S/c1-5-19(14-8-6-7-12(2)9-14)16(22)11-20-15(21)10-13(3)18-17(20)23-4/h6-10H,5,11H2,1-4H3. The number of thioether (sulfide) groups is 1. The number of benzene rings is 1. The first-order chi connectivity index (χ1) is 11.0. The van der Waals surface area contributed by atoms with Crippen LogP contribution in [-0.2, 0) is 11.3 Å². The number of hydrogen-bond acceptors (Lipinski definition) is 4. The van der Waals surface area contributed by atoms with Crippen LogP contribution in [0.2, 0.25) is 0 Å². The van der Waals surface area contributed by atoms with Gasteiger partial charge in [0.15, 0.2) is 5.16 Å². The molecule has 0 saturated heterocycles. The Morgan fingerprint density at radius 3 is 2.65 bits per heavy atom. The number of rotatable bonds is 5. The van der Waals surface area contributed by atoms with Gasteiger partial charge in [-0.25, -0.2) is 4.98 Å². The molecular weight excluding hydrogens is 310 g/mol. The van der Waals surface area contributed by atoms with Gasteiger partial charge in [-0.05, 0) is 44.7 Å². The molecule has 0 atom stereocenters. The lowest BCUT2D eigenvalue weighted by molar-refractivity contribution is -0.119. The Morgan fingerprint density at radius 2 is 2.04 bits per heavy atom. The lowest BCUT2D eigenvalue weighted by Gasteiger charge is -2.22. The van der Waals surface area contributed by atoms with E-state index < -0.39 is 0 Å². The van der Waals surface area contributed by atoms with Gasteiger partial charge in [0.2, 0.25) is 5.91 Å². The van der Waals surface area contributed by atoms with Gasteiger partial charge in [0.1, 0.15) is 6.54 Å². The summed E-state index contributed by atoms with van der Waals surface area (Å²) in [7, 11) is 0. The monoisotopic (exact) mass is 331 g/mol. The van der Waals surface area contributed by atoms with Crippen molar-refractivity contribution < 1.29 is 4.79 Å². The molecule has 0 N–H and O–H groups in total. The number of carbonyl (C=O) groups is 1. The van der Waals surface area contributed by atoms with Crippen molar-refractivity contribution in [2.75, 3.05) is 17.7 Å². The first kappa shape index (κ1) is 17.3. The maximum Gasteiger partial charge on any atom is 0.254 e. The Labute approximate surface area is 140 Å². The fourth-order valence-electron chi connectivity index (χ4n) is 2.42. The lowest BCUT2D eigenvalue weighted by Crippen LogP contribution is -2.37. The second kappa shape index (κ2) is 7.46. The molecule has 2 aromatic rings. The molecule has 0 unspecified atom stereocenters. The van der Waals surface area contributed by atoms with Crippen molar-refractivity contribution in [2.24, 2.45) is 0 Å². The highest BCUT2D eigenvalue weighted by Gasteiger charge is 2.17. The predicted octanol–water partition coefficient (Wildman–Crippen LogP) is 2.64. The summed E-state index contributed by atoms with van der Waals surface area (Å²) in [5, 5.41) is 0.559. The van der Waals surface area contributed by atoms with Crippen LogP contribution in [0.3, 0.4) is 0 Å². The van der Waals surface area contributed by atoms with Crippen LogP contribution < -0.4 is 10.5 Å². The third kappa shape index (κ3) is 4.01. The minimum Gasteiger partial charge on any atom is -0.311 e. The Kier molecular flexibility index (Phi) is 5.60. The highest BCUT2D eigenvalue weighted by atomic mass is 32.2. The molecule has 1 heterocycles. The van der Waals surface area contributed by atoms with E-state index in [2.05, 4.69) is 4.98 Å². The molecule has 1 amide bonds. The molecule has 0 aliphatic carbocycles. The number of aromatic nitrogens is 2. The van der Waals surface area contributed by atoms with Gasteiger partial charge >= 0.3 is 0 Å². The van der Waals surface area contributed by atoms with E-state index in [1.54, 1.807) is 11.8 Å². The van der Waals surface area contributed by atoms with Crippen molar-refractivity contribution in [1.82, 2.24) is 9.55 Å². The van der Waals surface area contributed by atoms with Gasteiger partial charge in [-0.3, -0.25) is 14.2 Å². The zero-order valence-corrected chi connectivity index (χ0v) is 14.7. The maximum absolute atomic E-state index is 12.7. The minimum atomic E-state index is -0.199. The summed E-state index contributed by atoms with van der Waals surface area (Å²) in [4.78, 5) is 30.9. The number of aryl methyl sites for hydroxylation is 2. The molecule has 0 radical (unpaired) electrons. The molecule has 1 aromatic heterocycles. The second-order valence-electron chi connectivity index (χ2n) is 5.29. The third-order valence-electron chi connectivity index (χ3n) is 3.51. The van der Waals surface area contributed by atoms with Gasteiger partial charge < -0.3 is 4.90 Å². The summed E-state index contributed by atoms with van der Waals surface area (Å²) in [6, 6.07) is 9.23. The molecule has 23 heavy (non-hydrogen) atoms. The third-order valence-corrected chi connectivity index (χ3v) is 4.18. The second-order valence-corrected chi connectivity index (χ2v) is 6.06. The number of anilines is 1. The van der Waals surface area contributed by atoms with Crippen molar-refractivity contribution in [3.63, 3.8) is 0 Å². The molecule has 0 aliphatic rings. The van der Waals surface area contributed by atoms with Crippen LogP contribution in [0.1, 0.15) is 18.2 Å². The van der Waals surface area contributed by atoms with E-state index in [0.29, 0.717) is 17.4 Å². The van der Waals surface area contributed by atoms with Crippen LogP contribution in [0.15, 0.2) is 40.3 Å². The molecule has 0 saturated carbocycles. The van der Waals surface area contributed by atoms with E-state index in [0.717, 1.165) is 11.3 Å². The van der Waals surface area contributed by atoms with E-state index >= 15 is 0 Å². The summed E-state index contributed by atoms with van der Waals surface area (Å²) >= 11 is 1.36. The van der Waals surface area contributed by atoms with Crippen molar-refractivity contribution in [3.05, 3.63) is 51.9 Å². The van der Waals surface area contributed by atoms with Crippen molar-refractivity contribution in [3.8, 4) is 0 Å². The molecule has 6 heteroatoms. The van der Waals surface area contributed by atoms with Gasteiger partial charge in [-0.15, -0.1) is 0 Å². The largest absolute Gasteiger partial charge is 0.311 e. The quantitative estimate of drug-likeness (QED) is 0.624. The summed E-state index contributed by atoms with van der Waals surface area (Å²) < 4.78 is 1.43. The van der Waals surface area contributed by atoms with Crippen molar-refractivity contribution in [1.29, 1.82) is 0 Å². The minimum absolute atomic E-state index is 0.00985. The highest BCUT2D eigenvalue weighted by molar-refractivity contribution is 7.98. The average molecular weight is 331 g/mol. The van der Waals surface area contributed by atoms with E-state index in [4.69, 9.17) is 0 Å². The van der Waals surface area contributed by atoms with E-state index in [-0.39, 0.29) is 18.0 Å². The van der Waals surface area contributed by atoms with Crippen molar-refractivity contribution in [2.45, 2.75) is 32.5 Å². The molecule has 0 spiro atoms. The Morgan fingerprint density at radius 1 is 1.30 bits per heavy atom. The topological polar surface area (TPSA) is 55.2 Å². The normalized spacial score (nSPS) is 10.6. The number of hydrogen-bond donors (Lipinski definition) is 0. The molecule has 0 fully saturated rings. The molecule has 2 rings (SSSR count). The van der Waals surface area contributed by atoms with Crippen LogP contribution >= 0.6 is 11.8 Å². The van der Waals surface area contributed by atoms with Gasteiger partial charge in [0.05, 0.1) is 0 Å². The first-order valence-electron chi connectivity index (χ1n) is 7.45. The number of likely N-dealkylation sites (N-methyl/N-ethyl adjacent to an activating group) is 1. The number of carbonyl (C=O) groups excluding carboxylic acids is 1. The van der Waals surface area contributed by atoms with Crippen LogP contribution in [0.5, 0.6) is 0 Å². The zero-order valence-electron chi connectivity index (χ0n) is 13.9. The molecule has 0 bridgehead atoms. The van der Waals surface area contributed by atoms with Crippen LogP contribution in [0.4, 0.5) is 5.69 Å². The van der Waals surface area contributed by atoms with Gasteiger partial charge in [-0.2, -0.15) is 0 Å². The Bertz CT molecular complexity index is 771. The maximum atomic E-state index is 12.7. The molecular formula is C17H21N3O2S. The summed E-state index contributed by atoms with van der Waals surface area (Å²) in [6.07, 6.45) is 1.85. The summed E-state index contributed by atoms with van der Waals surface area (Å²) in [5.74, 6) is -0.124. The molecule has 1 aromatic carbocycles. The molecule has 0 aliphatic heterocycles. The smallest absolute Gasteiger partial charge is 0.254 e. The summed E-state index contributed by atoms with van der Waals surface area (Å²) in [5.41, 5.74) is 2.40. The van der Waals surface area contributed by atoms with Crippen LogP contribution in [-0.4, -0.2) is 28.3 Å². The Balaban J connectivity index is 2.32. The zero-order chi connectivity index (χ0) is 17.0. The van der Waals surface area contributed by atoms with Gasteiger partial charge in [0, 0.05) is 24.0 Å². The average Bonchev–Trinajstić information content (AvgIpc) is 2.50. The van der Waals surface area contributed by atoms with Crippen LogP contribution in [0, 0.1) is 13.8 Å². The van der Waals surface area contributed by atoms with E-state index in [9.17, 15) is 9.59 Å².